The molecule has 0 aromatic carbocycles. The van der Waals surface area contributed by atoms with Crippen molar-refractivity contribution in [3.8, 4) is 0 Å². The third kappa shape index (κ3) is 9.31. The van der Waals surface area contributed by atoms with Gasteiger partial charge in [0.05, 0.1) is 0 Å². The number of rotatable bonds is 0. The zero-order valence-corrected chi connectivity index (χ0v) is 1.15. The van der Waals surface area contributed by atoms with Crippen LogP contribution in [0.25, 0.3) is 0 Å². The molecule has 0 heterocycles. The number of hydrogen-bond acceptors (Lipinski definition) is 2. The van der Waals surface area contributed by atoms with E-state index in [-0.39, 0.29) is 55.1 Å². The topological polar surface area (TPSA) is 52.0 Å². The molecule has 0 unspecified atom stereocenters. The Morgan fingerprint density at radius 1 is 1.00 bits per heavy atom. The van der Waals surface area contributed by atoms with Crippen LogP contribution in [0.2, 0.25) is 0 Å². The SMILES string of the molecule is NN.[AlH3].[CaH2]. The van der Waals surface area contributed by atoms with Crippen LogP contribution in [0.15, 0.2) is 0 Å². The van der Waals surface area contributed by atoms with Crippen molar-refractivity contribution in [3.05, 3.63) is 0 Å². The predicted octanol–water partition coefficient (Wildman–Crippen LogP) is -3.28. The van der Waals surface area contributed by atoms with Crippen LogP contribution in [0, 0.1) is 0 Å². The molecule has 4 heavy (non-hydrogen) atoms. The molecular weight excluding hydrogens is 95.1 g/mol. The van der Waals surface area contributed by atoms with Crippen LogP contribution in [-0.2, 0) is 0 Å². The molecule has 0 radical (unpaired) electrons. The third-order valence-electron chi connectivity index (χ3n) is 0. The van der Waals surface area contributed by atoms with Crippen molar-refractivity contribution >= 4 is 55.1 Å². The van der Waals surface area contributed by atoms with Crippen molar-refractivity contribution in [1.82, 2.24) is 0 Å². The summed E-state index contributed by atoms with van der Waals surface area (Å²) in [5.74, 6) is 8.00. The Labute approximate surface area is 66.0 Å². The minimum absolute atomic E-state index is 0. The van der Waals surface area contributed by atoms with E-state index < -0.39 is 0 Å². The van der Waals surface area contributed by atoms with E-state index >= 15 is 0 Å². The molecule has 0 bridgehead atoms. The maximum absolute atomic E-state index is 4.00. The Bertz CT molecular complexity index is 6.00. The summed E-state index contributed by atoms with van der Waals surface area (Å²) < 4.78 is 0. The summed E-state index contributed by atoms with van der Waals surface area (Å²) in [6.07, 6.45) is 0. The van der Waals surface area contributed by atoms with E-state index in [0.717, 1.165) is 0 Å². The van der Waals surface area contributed by atoms with Crippen molar-refractivity contribution in [1.29, 1.82) is 0 Å². The fourth-order valence-corrected chi connectivity index (χ4v) is 0. The van der Waals surface area contributed by atoms with E-state index in [1.54, 1.807) is 0 Å². The normalized spacial score (nSPS) is 1.50. The predicted molar refractivity (Wildman–Crippen MR) is 26.9 cm³/mol. The Morgan fingerprint density at radius 3 is 1.00 bits per heavy atom. The Hall–Kier alpha value is 1.71. The molecule has 0 saturated heterocycles. The average Bonchev–Trinajstić information content (AvgIpc) is 1.00. The molecule has 0 aromatic heterocycles. The first-order valence-corrected chi connectivity index (χ1v) is 0.333. The molecule has 0 saturated carbocycles. The van der Waals surface area contributed by atoms with Crippen LogP contribution in [0.1, 0.15) is 0 Å². The first kappa shape index (κ1) is 17.2. The van der Waals surface area contributed by atoms with Gasteiger partial charge in [0, 0.05) is 0 Å². The standard InChI is InChI=1S/Al.Ca.H4N2.5H/c;;1-2;;;;;/h;;1-2H2;;;;;. The average molecular weight is 104 g/mol. The first-order valence-electron chi connectivity index (χ1n) is 0.333. The minimum atomic E-state index is 0. The summed E-state index contributed by atoms with van der Waals surface area (Å²) in [5.41, 5.74) is 0. The van der Waals surface area contributed by atoms with Gasteiger partial charge in [-0.25, -0.2) is 0 Å². The van der Waals surface area contributed by atoms with Crippen LogP contribution in [-0.4, -0.2) is 55.1 Å². The van der Waals surface area contributed by atoms with Gasteiger partial charge in [0.15, 0.2) is 17.4 Å². The molecule has 0 amide bonds. The van der Waals surface area contributed by atoms with Gasteiger partial charge in [-0.2, -0.15) is 0 Å². The van der Waals surface area contributed by atoms with E-state index in [2.05, 4.69) is 11.7 Å². The second-order valence-electron chi connectivity index (χ2n) is 0. The molecule has 0 aliphatic heterocycles. The molecule has 0 aliphatic rings. The molecule has 4 N–H and O–H groups in total. The molecule has 0 spiro atoms. The monoisotopic (exact) mass is 104 g/mol. The van der Waals surface area contributed by atoms with Crippen LogP contribution in [0.3, 0.4) is 0 Å². The van der Waals surface area contributed by atoms with Crippen LogP contribution >= 0.6 is 0 Å². The van der Waals surface area contributed by atoms with Crippen molar-refractivity contribution in [2.45, 2.75) is 0 Å². The van der Waals surface area contributed by atoms with Crippen molar-refractivity contribution in [2.24, 2.45) is 11.7 Å². The van der Waals surface area contributed by atoms with Gasteiger partial charge in [-0.1, -0.05) is 0 Å². The molecule has 4 heteroatoms. The summed E-state index contributed by atoms with van der Waals surface area (Å²) in [6.45, 7) is 0. The van der Waals surface area contributed by atoms with E-state index in [9.17, 15) is 0 Å². The summed E-state index contributed by atoms with van der Waals surface area (Å²) >= 11 is 0. The molecule has 0 fully saturated rings. The fraction of sp³-hybridized carbons (Fsp3) is 0. The summed E-state index contributed by atoms with van der Waals surface area (Å²) in [4.78, 5) is 0. The van der Waals surface area contributed by atoms with Crippen molar-refractivity contribution in [2.75, 3.05) is 0 Å². The number of hydrazine groups is 1. The molecular formula is H9AlCaN2. The second-order valence-corrected chi connectivity index (χ2v) is 0. The van der Waals surface area contributed by atoms with Crippen LogP contribution in [0.4, 0.5) is 0 Å². The van der Waals surface area contributed by atoms with Gasteiger partial charge >= 0.3 is 37.7 Å². The van der Waals surface area contributed by atoms with Gasteiger partial charge in [-0.3, -0.25) is 11.7 Å². The van der Waals surface area contributed by atoms with Gasteiger partial charge < -0.3 is 0 Å². The molecule has 0 aliphatic carbocycles. The molecule has 0 rings (SSSR count). The van der Waals surface area contributed by atoms with E-state index in [4.69, 9.17) is 0 Å². The Kier molecular flexibility index (Phi) is 95.5. The molecule has 0 aromatic rings. The maximum atomic E-state index is 4.00. The first-order chi connectivity index (χ1) is 1.00. The third-order valence-corrected chi connectivity index (χ3v) is 0. The Morgan fingerprint density at radius 2 is 1.00 bits per heavy atom. The van der Waals surface area contributed by atoms with Gasteiger partial charge in [0.1, 0.15) is 0 Å². The van der Waals surface area contributed by atoms with E-state index in [1.165, 1.54) is 0 Å². The second kappa shape index (κ2) is 22.2. The Balaban J connectivity index is -0.00000000500. The number of hydrogen-bond donors (Lipinski definition) is 2. The summed E-state index contributed by atoms with van der Waals surface area (Å²) in [5, 5.41) is 0. The molecule has 0 atom stereocenters. The quantitative estimate of drug-likeness (QED) is 0.192. The van der Waals surface area contributed by atoms with Gasteiger partial charge in [-0.15, -0.1) is 0 Å². The van der Waals surface area contributed by atoms with E-state index in [0.29, 0.717) is 0 Å². The van der Waals surface area contributed by atoms with Gasteiger partial charge in [0.2, 0.25) is 0 Å². The molecule has 24 valence electrons. The van der Waals surface area contributed by atoms with Gasteiger partial charge in [0.25, 0.3) is 0 Å². The van der Waals surface area contributed by atoms with Crippen molar-refractivity contribution in [3.63, 3.8) is 0 Å². The van der Waals surface area contributed by atoms with Crippen LogP contribution < -0.4 is 11.7 Å². The molecule has 2 nitrogen and oxygen atoms in total. The van der Waals surface area contributed by atoms with Crippen molar-refractivity contribution < 1.29 is 0 Å². The number of nitrogens with two attached hydrogens (primary N) is 2. The zero-order chi connectivity index (χ0) is 2.00. The van der Waals surface area contributed by atoms with Gasteiger partial charge in [-0.05, 0) is 0 Å². The zero-order valence-electron chi connectivity index (χ0n) is 1.15. The van der Waals surface area contributed by atoms with Crippen LogP contribution in [0.5, 0.6) is 0 Å². The fourth-order valence-electron chi connectivity index (χ4n) is 0. The summed E-state index contributed by atoms with van der Waals surface area (Å²) in [6, 6.07) is 0. The summed E-state index contributed by atoms with van der Waals surface area (Å²) in [7, 11) is 0. The van der Waals surface area contributed by atoms with E-state index in [1.807, 2.05) is 0 Å².